The zero-order valence-electron chi connectivity index (χ0n) is 13.8. The van der Waals surface area contributed by atoms with Crippen LogP contribution in [0.3, 0.4) is 0 Å². The molecule has 1 atom stereocenters. The molecule has 0 radical (unpaired) electrons. The minimum atomic E-state index is -5.07. The molecule has 1 aromatic rings. The summed E-state index contributed by atoms with van der Waals surface area (Å²) in [4.78, 5) is 11.3. The van der Waals surface area contributed by atoms with Crippen LogP contribution in [0.4, 0.5) is 17.6 Å². The number of alkyl halides is 3. The second-order valence-corrected chi connectivity index (χ2v) is 6.19. The van der Waals surface area contributed by atoms with Gasteiger partial charge in [-0.2, -0.15) is 13.2 Å². The Kier molecular flexibility index (Phi) is 5.86. The predicted octanol–water partition coefficient (Wildman–Crippen LogP) is 3.36. The van der Waals surface area contributed by atoms with Crippen LogP contribution in [0.5, 0.6) is 5.75 Å². The van der Waals surface area contributed by atoms with Crippen molar-refractivity contribution in [3.8, 4) is 5.75 Å². The highest BCUT2D eigenvalue weighted by Crippen LogP contribution is 2.45. The SMILES string of the molecule is COC(=O)C[C@@](O)(CC(C)(C)c1cc(F)ccc1OC)C(F)(F)F. The summed E-state index contributed by atoms with van der Waals surface area (Å²) >= 11 is 0. The fraction of sp³-hybridized carbons (Fsp3) is 0.562. The number of carbonyl (C=O) groups is 1. The zero-order valence-corrected chi connectivity index (χ0v) is 13.8. The van der Waals surface area contributed by atoms with Gasteiger partial charge in [-0.15, -0.1) is 0 Å². The van der Waals surface area contributed by atoms with Gasteiger partial charge in [-0.05, 0) is 30.0 Å². The number of rotatable bonds is 6. The first-order valence-corrected chi connectivity index (χ1v) is 7.06. The molecular weight excluding hydrogens is 332 g/mol. The Hall–Kier alpha value is -1.83. The van der Waals surface area contributed by atoms with Gasteiger partial charge in [0, 0.05) is 5.56 Å². The lowest BCUT2D eigenvalue weighted by Crippen LogP contribution is -2.50. The Balaban J connectivity index is 3.30. The van der Waals surface area contributed by atoms with E-state index >= 15 is 0 Å². The number of benzene rings is 1. The van der Waals surface area contributed by atoms with E-state index in [9.17, 15) is 27.5 Å². The van der Waals surface area contributed by atoms with Crippen molar-refractivity contribution in [3.05, 3.63) is 29.6 Å². The smallest absolute Gasteiger partial charge is 0.417 e. The summed E-state index contributed by atoms with van der Waals surface area (Å²) in [5, 5.41) is 10.1. The lowest BCUT2D eigenvalue weighted by Gasteiger charge is -2.37. The van der Waals surface area contributed by atoms with Crippen LogP contribution >= 0.6 is 0 Å². The third-order valence-electron chi connectivity index (χ3n) is 3.82. The Morgan fingerprint density at radius 1 is 1.21 bits per heavy atom. The molecule has 0 aliphatic carbocycles. The van der Waals surface area contributed by atoms with E-state index in [1.807, 2.05) is 0 Å². The van der Waals surface area contributed by atoms with Crippen molar-refractivity contribution in [1.29, 1.82) is 0 Å². The first-order chi connectivity index (χ1) is 10.9. The van der Waals surface area contributed by atoms with E-state index in [0.717, 1.165) is 19.2 Å². The molecule has 1 aromatic carbocycles. The summed E-state index contributed by atoms with van der Waals surface area (Å²) in [6, 6.07) is 3.45. The molecule has 0 fully saturated rings. The number of hydrogen-bond donors (Lipinski definition) is 1. The lowest BCUT2D eigenvalue weighted by molar-refractivity contribution is -0.269. The molecule has 1 rings (SSSR count). The summed E-state index contributed by atoms with van der Waals surface area (Å²) in [7, 11) is 2.23. The number of halogens is 4. The highest BCUT2D eigenvalue weighted by Gasteiger charge is 2.57. The van der Waals surface area contributed by atoms with E-state index in [4.69, 9.17) is 4.74 Å². The zero-order chi connectivity index (χ0) is 18.8. The first-order valence-electron chi connectivity index (χ1n) is 7.06. The van der Waals surface area contributed by atoms with Gasteiger partial charge in [0.25, 0.3) is 0 Å². The number of aliphatic hydroxyl groups is 1. The molecule has 4 nitrogen and oxygen atoms in total. The topological polar surface area (TPSA) is 55.8 Å². The van der Waals surface area contributed by atoms with Crippen LogP contribution in [0.2, 0.25) is 0 Å². The van der Waals surface area contributed by atoms with E-state index in [2.05, 4.69) is 4.74 Å². The predicted molar refractivity (Wildman–Crippen MR) is 78.2 cm³/mol. The summed E-state index contributed by atoms with van der Waals surface area (Å²) < 4.78 is 62.9. The second kappa shape index (κ2) is 6.96. The van der Waals surface area contributed by atoms with Gasteiger partial charge < -0.3 is 14.6 Å². The standard InChI is InChI=1S/C16H20F4O4/c1-14(2,11-7-10(17)5-6-12(11)23-3)9-15(22,16(18,19)20)8-13(21)24-4/h5-7,22H,8-9H2,1-4H3/t15-/m1/s1. The van der Waals surface area contributed by atoms with Crippen molar-refractivity contribution in [1.82, 2.24) is 0 Å². The summed E-state index contributed by atoms with van der Waals surface area (Å²) in [6.07, 6.45) is -7.20. The highest BCUT2D eigenvalue weighted by atomic mass is 19.4. The molecular formula is C16H20F4O4. The number of hydrogen-bond acceptors (Lipinski definition) is 4. The van der Waals surface area contributed by atoms with Gasteiger partial charge in [0.15, 0.2) is 5.60 Å². The normalized spacial score (nSPS) is 14.9. The molecule has 0 spiro atoms. The van der Waals surface area contributed by atoms with Crippen LogP contribution in [-0.2, 0) is 14.9 Å². The summed E-state index contributed by atoms with van der Waals surface area (Å²) in [6.45, 7) is 2.80. The Bertz CT molecular complexity index is 598. The van der Waals surface area contributed by atoms with Gasteiger partial charge in [0.1, 0.15) is 11.6 Å². The van der Waals surface area contributed by atoms with Crippen LogP contribution in [-0.4, -0.2) is 37.1 Å². The first kappa shape index (κ1) is 20.2. The minimum absolute atomic E-state index is 0.151. The van der Waals surface area contributed by atoms with E-state index in [1.54, 1.807) is 0 Å². The summed E-state index contributed by atoms with van der Waals surface area (Å²) in [5.74, 6) is -1.66. The molecule has 0 aromatic heterocycles. The number of carbonyl (C=O) groups excluding carboxylic acids is 1. The van der Waals surface area contributed by atoms with Crippen molar-refractivity contribution in [2.24, 2.45) is 0 Å². The molecule has 0 aliphatic rings. The minimum Gasteiger partial charge on any atom is -0.496 e. The van der Waals surface area contributed by atoms with Crippen molar-refractivity contribution < 1.29 is 36.9 Å². The maximum absolute atomic E-state index is 13.5. The van der Waals surface area contributed by atoms with E-state index in [0.29, 0.717) is 0 Å². The fourth-order valence-electron chi connectivity index (χ4n) is 2.61. The van der Waals surface area contributed by atoms with E-state index in [-0.39, 0.29) is 11.3 Å². The number of esters is 1. The molecule has 0 amide bonds. The van der Waals surface area contributed by atoms with Gasteiger partial charge in [0.2, 0.25) is 0 Å². The average molecular weight is 352 g/mol. The molecule has 0 unspecified atom stereocenters. The number of ether oxygens (including phenoxy) is 2. The molecule has 0 saturated carbocycles. The molecule has 0 saturated heterocycles. The lowest BCUT2D eigenvalue weighted by atomic mass is 9.73. The molecule has 0 bridgehead atoms. The van der Waals surface area contributed by atoms with E-state index in [1.165, 1.54) is 27.0 Å². The van der Waals surface area contributed by atoms with Crippen LogP contribution in [0.25, 0.3) is 0 Å². The van der Waals surface area contributed by atoms with Crippen LogP contribution < -0.4 is 4.74 Å². The van der Waals surface area contributed by atoms with Crippen LogP contribution in [0.1, 0.15) is 32.3 Å². The average Bonchev–Trinajstić information content (AvgIpc) is 2.45. The number of methoxy groups -OCH3 is 2. The fourth-order valence-corrected chi connectivity index (χ4v) is 2.61. The Morgan fingerprint density at radius 2 is 1.79 bits per heavy atom. The van der Waals surface area contributed by atoms with E-state index < -0.39 is 41.8 Å². The second-order valence-electron chi connectivity index (χ2n) is 6.19. The van der Waals surface area contributed by atoms with Gasteiger partial charge >= 0.3 is 12.1 Å². The molecule has 8 heteroatoms. The van der Waals surface area contributed by atoms with Crippen molar-refractivity contribution in [3.63, 3.8) is 0 Å². The van der Waals surface area contributed by atoms with Crippen molar-refractivity contribution >= 4 is 5.97 Å². The van der Waals surface area contributed by atoms with Crippen LogP contribution in [0, 0.1) is 5.82 Å². The maximum atomic E-state index is 13.5. The molecule has 0 heterocycles. The maximum Gasteiger partial charge on any atom is 0.417 e. The molecule has 136 valence electrons. The highest BCUT2D eigenvalue weighted by molar-refractivity contribution is 5.70. The van der Waals surface area contributed by atoms with Crippen molar-refractivity contribution in [2.45, 2.75) is 43.9 Å². The Labute approximate surface area is 137 Å². The van der Waals surface area contributed by atoms with Gasteiger partial charge in [-0.1, -0.05) is 13.8 Å². The van der Waals surface area contributed by atoms with Gasteiger partial charge in [-0.3, -0.25) is 4.79 Å². The quantitative estimate of drug-likeness (QED) is 0.630. The van der Waals surface area contributed by atoms with Crippen molar-refractivity contribution in [2.75, 3.05) is 14.2 Å². The Morgan fingerprint density at radius 3 is 2.25 bits per heavy atom. The monoisotopic (exact) mass is 352 g/mol. The molecule has 1 N–H and O–H groups in total. The third-order valence-corrected chi connectivity index (χ3v) is 3.82. The summed E-state index contributed by atoms with van der Waals surface area (Å²) in [5.41, 5.74) is -4.51. The molecule has 0 aliphatic heterocycles. The van der Waals surface area contributed by atoms with Gasteiger partial charge in [0.05, 0.1) is 20.6 Å². The van der Waals surface area contributed by atoms with Crippen LogP contribution in [0.15, 0.2) is 18.2 Å². The largest absolute Gasteiger partial charge is 0.496 e. The third kappa shape index (κ3) is 4.37. The molecule has 24 heavy (non-hydrogen) atoms. The van der Waals surface area contributed by atoms with Gasteiger partial charge in [-0.25, -0.2) is 4.39 Å².